The van der Waals surface area contributed by atoms with Crippen LogP contribution >= 0.6 is 15.9 Å². The van der Waals surface area contributed by atoms with Gasteiger partial charge in [-0.25, -0.2) is 0 Å². The number of halogens is 1. The van der Waals surface area contributed by atoms with Crippen LogP contribution in [0.4, 0.5) is 0 Å². The van der Waals surface area contributed by atoms with E-state index < -0.39 is 15.9 Å². The van der Waals surface area contributed by atoms with Crippen LogP contribution in [0.15, 0.2) is 40.9 Å². The summed E-state index contributed by atoms with van der Waals surface area (Å²) in [5, 5.41) is 17.9. The summed E-state index contributed by atoms with van der Waals surface area (Å²) in [4.78, 5) is 0. The number of benzene rings is 2. The van der Waals surface area contributed by atoms with E-state index in [1.165, 1.54) is 18.2 Å². The quantitative estimate of drug-likeness (QED) is 0.662. The maximum Gasteiger partial charge on any atom is 0.313 e. The Morgan fingerprint density at radius 3 is 2.48 bits per heavy atom. The maximum atomic E-state index is 12.4. The van der Waals surface area contributed by atoms with Crippen molar-refractivity contribution in [3.8, 4) is 23.6 Å². The molecule has 0 unspecified atom stereocenters. The van der Waals surface area contributed by atoms with Gasteiger partial charge < -0.3 is 8.92 Å². The van der Waals surface area contributed by atoms with E-state index in [0.717, 1.165) is 0 Å². The Balaban J connectivity index is 2.34. The van der Waals surface area contributed by atoms with E-state index >= 15 is 0 Å². The van der Waals surface area contributed by atoms with Gasteiger partial charge in [0, 0.05) is 6.07 Å². The smallest absolute Gasteiger partial charge is 0.313 e. The highest BCUT2D eigenvalue weighted by molar-refractivity contribution is 9.10. The molecule has 0 atom stereocenters. The van der Waals surface area contributed by atoms with Crippen LogP contribution in [0, 0.1) is 22.7 Å². The molecule has 2 aromatic rings. The summed E-state index contributed by atoms with van der Waals surface area (Å²) in [5.74, 6) is -0.263. The van der Waals surface area contributed by atoms with Gasteiger partial charge in [-0.1, -0.05) is 12.1 Å². The lowest BCUT2D eigenvalue weighted by Gasteiger charge is -2.14. The molecule has 0 aliphatic heterocycles. The molecule has 128 valence electrons. The largest absolute Gasteiger partial charge is 0.490 e. The van der Waals surface area contributed by atoms with Crippen LogP contribution in [0.1, 0.15) is 23.6 Å². The number of nitrogens with zero attached hydrogens (tertiary/aromatic N) is 2. The molecule has 0 aliphatic rings. The van der Waals surface area contributed by atoms with Gasteiger partial charge in [-0.05, 0) is 46.6 Å². The number of nitriles is 2. The first kappa shape index (κ1) is 18.8. The van der Waals surface area contributed by atoms with Gasteiger partial charge in [-0.15, -0.1) is 0 Å². The lowest BCUT2D eigenvalue weighted by molar-refractivity contribution is 0.327. The number of rotatable bonds is 6. The van der Waals surface area contributed by atoms with E-state index in [9.17, 15) is 8.42 Å². The van der Waals surface area contributed by atoms with E-state index in [0.29, 0.717) is 21.2 Å². The minimum Gasteiger partial charge on any atom is -0.490 e. The molecule has 0 amide bonds. The van der Waals surface area contributed by atoms with Crippen molar-refractivity contribution in [2.75, 3.05) is 6.61 Å². The Morgan fingerprint density at radius 2 is 1.84 bits per heavy atom. The van der Waals surface area contributed by atoms with E-state index in [-0.39, 0.29) is 18.1 Å². The lowest BCUT2D eigenvalue weighted by atomic mass is 10.2. The zero-order chi connectivity index (χ0) is 18.4. The summed E-state index contributed by atoms with van der Waals surface area (Å²) < 4.78 is 35.6. The van der Waals surface area contributed by atoms with Crippen molar-refractivity contribution in [3.63, 3.8) is 0 Å². The van der Waals surface area contributed by atoms with E-state index in [1.54, 1.807) is 25.1 Å². The average molecular weight is 421 g/mol. The normalized spacial score (nSPS) is 10.6. The zero-order valence-electron chi connectivity index (χ0n) is 13.2. The third-order valence-corrected chi connectivity index (χ3v) is 4.74. The highest BCUT2D eigenvalue weighted by Crippen LogP contribution is 2.38. The Morgan fingerprint density at radius 1 is 1.12 bits per heavy atom. The molecule has 0 N–H and O–H groups in total. The third kappa shape index (κ3) is 4.96. The van der Waals surface area contributed by atoms with Crippen molar-refractivity contribution in [2.45, 2.75) is 12.7 Å². The molecule has 2 rings (SSSR count). The first-order chi connectivity index (χ1) is 11.9. The van der Waals surface area contributed by atoms with Crippen LogP contribution in [0.3, 0.4) is 0 Å². The fourth-order valence-corrected chi connectivity index (χ4v) is 3.77. The molecule has 0 aromatic heterocycles. The minimum absolute atomic E-state index is 0.0164. The number of ether oxygens (including phenoxy) is 1. The van der Waals surface area contributed by atoms with Crippen molar-refractivity contribution in [1.82, 2.24) is 0 Å². The van der Waals surface area contributed by atoms with Gasteiger partial charge in [-0.2, -0.15) is 18.9 Å². The maximum absolute atomic E-state index is 12.4. The van der Waals surface area contributed by atoms with Crippen LogP contribution in [0.2, 0.25) is 0 Å². The molecule has 0 saturated carbocycles. The van der Waals surface area contributed by atoms with E-state index in [2.05, 4.69) is 15.9 Å². The standard InChI is InChI=1S/C17H13BrN2O4S/c1-2-23-16-8-14(10-20)7-15(18)17(16)24-25(21,22)11-13-5-3-4-12(6-13)9-19/h3-8H,2,11H2,1H3. The van der Waals surface area contributed by atoms with Gasteiger partial charge in [0.2, 0.25) is 0 Å². The van der Waals surface area contributed by atoms with Crippen molar-refractivity contribution < 1.29 is 17.3 Å². The van der Waals surface area contributed by atoms with Crippen molar-refractivity contribution >= 4 is 26.0 Å². The van der Waals surface area contributed by atoms with Crippen LogP contribution in [-0.2, 0) is 15.9 Å². The first-order valence-corrected chi connectivity index (χ1v) is 9.53. The van der Waals surface area contributed by atoms with Gasteiger partial charge >= 0.3 is 10.1 Å². The zero-order valence-corrected chi connectivity index (χ0v) is 15.6. The number of hydrogen-bond acceptors (Lipinski definition) is 6. The molecular formula is C17H13BrN2O4S. The Hall–Kier alpha value is -2.55. The molecule has 6 nitrogen and oxygen atoms in total. The molecule has 0 bridgehead atoms. The van der Waals surface area contributed by atoms with Crippen molar-refractivity contribution in [3.05, 3.63) is 57.6 Å². The second-order valence-electron chi connectivity index (χ2n) is 4.93. The van der Waals surface area contributed by atoms with Crippen LogP contribution in [-0.4, -0.2) is 15.0 Å². The molecule has 25 heavy (non-hydrogen) atoms. The molecule has 8 heteroatoms. The van der Waals surface area contributed by atoms with Gasteiger partial charge in [-0.3, -0.25) is 0 Å². The third-order valence-electron chi connectivity index (χ3n) is 3.05. The summed E-state index contributed by atoms with van der Waals surface area (Å²) in [5.41, 5.74) is 1.10. The van der Waals surface area contributed by atoms with Crippen LogP contribution < -0.4 is 8.92 Å². The monoisotopic (exact) mass is 420 g/mol. The van der Waals surface area contributed by atoms with Crippen molar-refractivity contribution in [2.24, 2.45) is 0 Å². The van der Waals surface area contributed by atoms with Gasteiger partial charge in [0.05, 0.1) is 34.3 Å². The second-order valence-corrected chi connectivity index (χ2v) is 7.35. The fourth-order valence-electron chi connectivity index (χ4n) is 2.07. The predicted octanol–water partition coefficient (Wildman–Crippen LogP) is 3.50. The van der Waals surface area contributed by atoms with E-state index in [1.807, 2.05) is 12.1 Å². The fraction of sp³-hybridized carbons (Fsp3) is 0.176. The molecular weight excluding hydrogens is 408 g/mol. The van der Waals surface area contributed by atoms with Gasteiger partial charge in [0.25, 0.3) is 0 Å². The lowest BCUT2D eigenvalue weighted by Crippen LogP contribution is -2.13. The highest BCUT2D eigenvalue weighted by atomic mass is 79.9. The second kappa shape index (κ2) is 8.02. The Labute approximate surface area is 154 Å². The summed E-state index contributed by atoms with van der Waals surface area (Å²) >= 11 is 3.21. The summed E-state index contributed by atoms with van der Waals surface area (Å²) in [6.07, 6.45) is 0. The molecule has 0 saturated heterocycles. The highest BCUT2D eigenvalue weighted by Gasteiger charge is 2.21. The summed E-state index contributed by atoms with van der Waals surface area (Å²) in [7, 11) is -4.00. The summed E-state index contributed by atoms with van der Waals surface area (Å²) in [6, 6.07) is 13.0. The molecule has 0 fully saturated rings. The van der Waals surface area contributed by atoms with Gasteiger partial charge in [0.1, 0.15) is 5.75 Å². The Kier molecular flexibility index (Phi) is 6.02. The van der Waals surface area contributed by atoms with Gasteiger partial charge in [0.15, 0.2) is 11.5 Å². The summed E-state index contributed by atoms with van der Waals surface area (Å²) in [6.45, 7) is 2.01. The molecule has 0 aliphatic carbocycles. The minimum atomic E-state index is -4.00. The topological polar surface area (TPSA) is 100 Å². The van der Waals surface area contributed by atoms with E-state index in [4.69, 9.17) is 19.4 Å². The SMILES string of the molecule is CCOc1cc(C#N)cc(Br)c1OS(=O)(=O)Cc1cccc(C#N)c1. The van der Waals surface area contributed by atoms with Crippen LogP contribution in [0.25, 0.3) is 0 Å². The first-order valence-electron chi connectivity index (χ1n) is 7.16. The molecule has 0 radical (unpaired) electrons. The van der Waals surface area contributed by atoms with Crippen LogP contribution in [0.5, 0.6) is 11.5 Å². The molecule has 0 spiro atoms. The Bertz CT molecular complexity index is 975. The number of hydrogen-bond donors (Lipinski definition) is 0. The predicted molar refractivity (Wildman–Crippen MR) is 94.4 cm³/mol. The van der Waals surface area contributed by atoms with Crippen molar-refractivity contribution in [1.29, 1.82) is 10.5 Å². The molecule has 0 heterocycles. The average Bonchev–Trinajstić information content (AvgIpc) is 2.57. The molecule has 2 aromatic carbocycles.